The normalized spacial score (nSPS) is 17.4. The number of halogens is 1. The summed E-state index contributed by atoms with van der Waals surface area (Å²) >= 11 is 6.14. The summed E-state index contributed by atoms with van der Waals surface area (Å²) in [5, 5.41) is 5.03. The predicted octanol–water partition coefficient (Wildman–Crippen LogP) is 3.40. The predicted molar refractivity (Wildman–Crippen MR) is 118 cm³/mol. The van der Waals surface area contributed by atoms with Gasteiger partial charge in [0.2, 0.25) is 0 Å². The summed E-state index contributed by atoms with van der Waals surface area (Å²) in [5.41, 5.74) is 4.43. The number of carbonyl (C=O) groups is 1. The highest BCUT2D eigenvalue weighted by atomic mass is 35.5. The fourth-order valence-corrected chi connectivity index (χ4v) is 4.83. The highest BCUT2D eigenvalue weighted by Crippen LogP contribution is 2.28. The number of anilines is 1. The van der Waals surface area contributed by atoms with E-state index in [0.29, 0.717) is 0 Å². The zero-order valence-corrected chi connectivity index (χ0v) is 17.2. The van der Waals surface area contributed by atoms with Gasteiger partial charge in [-0.05, 0) is 36.2 Å². The van der Waals surface area contributed by atoms with Crippen LogP contribution in [-0.2, 0) is 13.0 Å². The van der Waals surface area contributed by atoms with Gasteiger partial charge in [-0.25, -0.2) is 0 Å². The minimum Gasteiger partial charge on any atom is -0.369 e. The van der Waals surface area contributed by atoms with Gasteiger partial charge < -0.3 is 14.8 Å². The molecule has 1 aromatic heterocycles. The monoisotopic (exact) mass is 408 g/mol. The first kappa shape index (κ1) is 18.5. The number of nitrogens with one attached hydrogen (secondary N) is 1. The molecule has 1 N–H and O–H groups in total. The molecule has 3 heterocycles. The molecule has 5 rings (SSSR count). The van der Waals surface area contributed by atoms with Crippen LogP contribution < -0.4 is 10.2 Å². The molecule has 0 spiro atoms. The third-order valence-electron chi connectivity index (χ3n) is 6.14. The number of amides is 1. The maximum Gasteiger partial charge on any atom is 0.268 e. The van der Waals surface area contributed by atoms with Gasteiger partial charge in [-0.3, -0.25) is 9.69 Å². The lowest BCUT2D eigenvalue weighted by atomic mass is 10.0. The Labute approximate surface area is 175 Å². The molecule has 1 saturated heterocycles. The smallest absolute Gasteiger partial charge is 0.268 e. The Morgan fingerprint density at radius 1 is 0.966 bits per heavy atom. The van der Waals surface area contributed by atoms with Crippen molar-refractivity contribution in [2.75, 3.05) is 44.2 Å². The molecule has 29 heavy (non-hydrogen) atoms. The van der Waals surface area contributed by atoms with Crippen LogP contribution in [0.3, 0.4) is 0 Å². The summed E-state index contributed by atoms with van der Waals surface area (Å²) in [6.45, 7) is 6.52. The number of fused-ring (bicyclic) bond motifs is 3. The van der Waals surface area contributed by atoms with E-state index in [0.717, 1.165) is 63.0 Å². The Morgan fingerprint density at radius 2 is 1.79 bits per heavy atom. The van der Waals surface area contributed by atoms with Gasteiger partial charge >= 0.3 is 0 Å². The van der Waals surface area contributed by atoms with Gasteiger partial charge in [-0.1, -0.05) is 35.9 Å². The van der Waals surface area contributed by atoms with E-state index in [4.69, 9.17) is 11.6 Å². The van der Waals surface area contributed by atoms with Crippen molar-refractivity contribution < 1.29 is 4.79 Å². The number of hydrogen-bond donors (Lipinski definition) is 1. The van der Waals surface area contributed by atoms with E-state index in [-0.39, 0.29) is 5.91 Å². The van der Waals surface area contributed by atoms with Crippen molar-refractivity contribution in [3.63, 3.8) is 0 Å². The molecule has 1 fully saturated rings. The van der Waals surface area contributed by atoms with Crippen LogP contribution in [0.1, 0.15) is 16.1 Å². The van der Waals surface area contributed by atoms with Gasteiger partial charge in [0.05, 0.1) is 0 Å². The molecule has 2 aliphatic heterocycles. The Balaban J connectivity index is 1.30. The quantitative estimate of drug-likeness (QED) is 0.719. The second kappa shape index (κ2) is 7.73. The lowest BCUT2D eigenvalue weighted by molar-refractivity contribution is 0.0935. The molecule has 0 atom stereocenters. The Kier molecular flexibility index (Phi) is 4.94. The van der Waals surface area contributed by atoms with Crippen LogP contribution >= 0.6 is 11.6 Å². The maximum absolute atomic E-state index is 12.6. The number of piperazine rings is 1. The van der Waals surface area contributed by atoms with Crippen molar-refractivity contribution in [3.05, 3.63) is 64.8 Å². The summed E-state index contributed by atoms with van der Waals surface area (Å²) in [7, 11) is 0. The van der Waals surface area contributed by atoms with Crippen molar-refractivity contribution in [1.29, 1.82) is 0 Å². The third kappa shape index (κ3) is 3.49. The zero-order valence-electron chi connectivity index (χ0n) is 16.4. The number of aromatic nitrogens is 1. The summed E-state index contributed by atoms with van der Waals surface area (Å²) in [6.07, 6.45) is 0.910. The number of rotatable bonds is 4. The molecule has 5 nitrogen and oxygen atoms in total. The molecule has 150 valence electrons. The molecule has 2 aromatic carbocycles. The van der Waals surface area contributed by atoms with Crippen molar-refractivity contribution >= 4 is 34.1 Å². The van der Waals surface area contributed by atoms with E-state index in [9.17, 15) is 4.79 Å². The summed E-state index contributed by atoms with van der Waals surface area (Å²) in [4.78, 5) is 17.5. The molecule has 0 bridgehead atoms. The third-order valence-corrected chi connectivity index (χ3v) is 6.37. The number of benzene rings is 2. The molecule has 0 aliphatic carbocycles. The largest absolute Gasteiger partial charge is 0.369 e. The summed E-state index contributed by atoms with van der Waals surface area (Å²) < 4.78 is 2.22. The summed E-state index contributed by atoms with van der Waals surface area (Å²) in [5.74, 6) is 0.0632. The topological polar surface area (TPSA) is 40.5 Å². The van der Waals surface area contributed by atoms with Crippen molar-refractivity contribution in [1.82, 2.24) is 14.8 Å². The van der Waals surface area contributed by atoms with Gasteiger partial charge in [0.25, 0.3) is 5.91 Å². The highest BCUT2D eigenvalue weighted by Gasteiger charge is 2.26. The Morgan fingerprint density at radius 3 is 2.62 bits per heavy atom. The van der Waals surface area contributed by atoms with Gasteiger partial charge in [0, 0.05) is 67.4 Å². The van der Waals surface area contributed by atoms with E-state index in [1.54, 1.807) is 0 Å². The fraction of sp³-hybridized carbons (Fsp3) is 0.348. The van der Waals surface area contributed by atoms with Crippen molar-refractivity contribution in [2.24, 2.45) is 0 Å². The van der Waals surface area contributed by atoms with Gasteiger partial charge in [0.15, 0.2) is 0 Å². The van der Waals surface area contributed by atoms with Crippen LogP contribution in [-0.4, -0.2) is 54.6 Å². The average Bonchev–Trinajstić information content (AvgIpc) is 3.08. The SMILES string of the molecule is O=C1NCCc2c1n(CCN1CCN(c3cccc(Cl)c3)CC1)c1ccccc21. The van der Waals surface area contributed by atoms with E-state index in [2.05, 4.69) is 50.0 Å². The number of hydrogen-bond acceptors (Lipinski definition) is 3. The molecular formula is C23H25ClN4O. The molecular weight excluding hydrogens is 384 g/mol. The van der Waals surface area contributed by atoms with Crippen LogP contribution in [0, 0.1) is 0 Å². The van der Waals surface area contributed by atoms with Crippen LogP contribution in [0.4, 0.5) is 5.69 Å². The molecule has 6 heteroatoms. The first-order chi connectivity index (χ1) is 14.2. The number of carbonyl (C=O) groups excluding carboxylic acids is 1. The number of nitrogens with zero attached hydrogens (tertiary/aromatic N) is 3. The molecule has 0 radical (unpaired) electrons. The standard InChI is InChI=1S/C23H25ClN4O/c24-17-4-3-5-18(16-17)27-13-10-26(11-14-27)12-15-28-21-7-2-1-6-19(21)20-8-9-25-23(29)22(20)28/h1-7,16H,8-15H2,(H,25,29). The minimum atomic E-state index is 0.0632. The molecule has 0 saturated carbocycles. The van der Waals surface area contributed by atoms with E-state index >= 15 is 0 Å². The molecule has 3 aromatic rings. The van der Waals surface area contributed by atoms with Crippen molar-refractivity contribution in [2.45, 2.75) is 13.0 Å². The molecule has 2 aliphatic rings. The van der Waals surface area contributed by atoms with Gasteiger partial charge in [-0.2, -0.15) is 0 Å². The lowest BCUT2D eigenvalue weighted by Gasteiger charge is -2.36. The van der Waals surface area contributed by atoms with E-state index < -0.39 is 0 Å². The van der Waals surface area contributed by atoms with Gasteiger partial charge in [0.1, 0.15) is 5.69 Å². The van der Waals surface area contributed by atoms with Crippen LogP contribution in [0.5, 0.6) is 0 Å². The zero-order chi connectivity index (χ0) is 19.8. The number of para-hydroxylation sites is 1. The second-order valence-electron chi connectivity index (χ2n) is 7.81. The summed E-state index contributed by atoms with van der Waals surface area (Å²) in [6, 6.07) is 16.5. The molecule has 1 amide bonds. The second-order valence-corrected chi connectivity index (χ2v) is 8.25. The molecule has 0 unspecified atom stereocenters. The Bertz CT molecular complexity index is 1050. The first-order valence-electron chi connectivity index (χ1n) is 10.3. The highest BCUT2D eigenvalue weighted by molar-refractivity contribution is 6.30. The van der Waals surface area contributed by atoms with Crippen LogP contribution in [0.15, 0.2) is 48.5 Å². The van der Waals surface area contributed by atoms with Gasteiger partial charge in [-0.15, -0.1) is 0 Å². The minimum absolute atomic E-state index is 0.0632. The fourth-order valence-electron chi connectivity index (χ4n) is 4.65. The maximum atomic E-state index is 12.6. The first-order valence-corrected chi connectivity index (χ1v) is 10.7. The van der Waals surface area contributed by atoms with Crippen LogP contribution in [0.2, 0.25) is 5.02 Å². The van der Waals surface area contributed by atoms with E-state index in [1.807, 2.05) is 18.2 Å². The van der Waals surface area contributed by atoms with E-state index in [1.165, 1.54) is 22.2 Å². The van der Waals surface area contributed by atoms with Crippen LogP contribution in [0.25, 0.3) is 10.9 Å². The Hall–Kier alpha value is -2.50. The average molecular weight is 409 g/mol. The lowest BCUT2D eigenvalue weighted by Crippen LogP contribution is -2.47. The van der Waals surface area contributed by atoms with Crippen molar-refractivity contribution in [3.8, 4) is 0 Å².